The predicted octanol–water partition coefficient (Wildman–Crippen LogP) is 9.71. The summed E-state index contributed by atoms with van der Waals surface area (Å²) in [7, 11) is 8.37. The van der Waals surface area contributed by atoms with E-state index in [0.717, 1.165) is 108 Å². The van der Waals surface area contributed by atoms with Crippen LogP contribution in [-0.2, 0) is 17.6 Å². The van der Waals surface area contributed by atoms with E-state index in [-0.39, 0.29) is 24.0 Å². The molecule has 16 heteroatoms. The number of likely N-dealkylation sites (N-methyl/N-ethyl adjacent to an activating group) is 1. The van der Waals surface area contributed by atoms with Crippen molar-refractivity contribution in [3.05, 3.63) is 119 Å². The predicted molar refractivity (Wildman–Crippen MR) is 297 cm³/mol. The second-order valence-corrected chi connectivity index (χ2v) is 19.1. The van der Waals surface area contributed by atoms with E-state index >= 15 is 0 Å². The van der Waals surface area contributed by atoms with Crippen LogP contribution in [0.25, 0.3) is 21.8 Å². The third-order valence-electron chi connectivity index (χ3n) is 14.0. The third-order valence-corrected chi connectivity index (χ3v) is 14.0. The Hall–Kier alpha value is -7.62. The highest BCUT2D eigenvalue weighted by Gasteiger charge is 2.43. The van der Waals surface area contributed by atoms with Gasteiger partial charge in [-0.05, 0) is 125 Å². The number of carbonyl (C=O) groups is 1. The Labute approximate surface area is 435 Å². The summed E-state index contributed by atoms with van der Waals surface area (Å²) >= 11 is 0. The van der Waals surface area contributed by atoms with Crippen molar-refractivity contribution in [2.45, 2.75) is 104 Å². The molecule has 3 aliphatic heterocycles. The summed E-state index contributed by atoms with van der Waals surface area (Å²) in [4.78, 5) is 41.9. The van der Waals surface area contributed by atoms with E-state index in [9.17, 15) is 4.79 Å². The van der Waals surface area contributed by atoms with Crippen LogP contribution >= 0.6 is 0 Å². The fourth-order valence-electron chi connectivity index (χ4n) is 10.5. The summed E-state index contributed by atoms with van der Waals surface area (Å²) in [6.45, 7) is 15.5. The van der Waals surface area contributed by atoms with Crippen molar-refractivity contribution in [1.82, 2.24) is 30.3 Å². The van der Waals surface area contributed by atoms with Gasteiger partial charge in [0.15, 0.2) is 29.0 Å². The van der Waals surface area contributed by atoms with Crippen molar-refractivity contribution in [3.8, 4) is 23.0 Å². The molecule has 0 bridgehead atoms. The standard InChI is InChI=1S/C20H29N5O.C20H20N2O2.C18H22N4O2/c1-5-8-16-18-19(24(4)23-16)20(26)22-17(21-18)13-14-9-11-15(12-10-14)25(6-2)7-3;1-12-4-5-13-6-7-14(16(13)10-12)18-15-8-9-17(23-2)20(24-3)19(15)22-11-21-18;1-11-7-13(9-19-11)8-12(2)22-18-14-5-6-15(23-3)17(24-4)16(14)20-10-21-18/h9-12,18-19H,5-8,13H2,1-4H3,(H,21,22,26);4-5,8-11,14H,6-7H2,1-3H3;5-7,10,12H,8-9H2,1-4H3,(H,20,21,22). The fraction of sp³-hybridized carbons (Fsp3) is 0.414. The van der Waals surface area contributed by atoms with Crippen LogP contribution in [0, 0.1) is 6.92 Å². The number of hydrazone groups is 1. The van der Waals surface area contributed by atoms with Gasteiger partial charge in [-0.3, -0.25) is 19.8 Å². The average Bonchev–Trinajstić information content (AvgIpc) is 4.12. The SMILES string of the molecule is CCCC1=NN(C)C2C(=O)NC(Cc3ccc(N(CC)CC)cc3)=NC12.COc1ccc2c(C3CCc4ccc(C)cc43)ncnc2c1OC.COc1ccc2c(NC(C)CC3=CC(C)=NC3)ncnc2c1OC. The highest BCUT2D eigenvalue weighted by Crippen LogP contribution is 2.43. The first kappa shape index (κ1) is 52.7. The maximum atomic E-state index is 12.5. The first-order chi connectivity index (χ1) is 35.9. The number of rotatable bonds is 16. The topological polar surface area (TPSA) is 173 Å². The van der Waals surface area contributed by atoms with Gasteiger partial charge in [0.25, 0.3) is 5.91 Å². The van der Waals surface area contributed by atoms with Crippen LogP contribution < -0.4 is 34.5 Å². The molecule has 0 saturated heterocycles. The number of allylic oxidation sites excluding steroid dienone is 1. The number of hydrogen-bond acceptors (Lipinski definition) is 15. The number of fused-ring (bicyclic) bond motifs is 4. The number of amidine groups is 1. The lowest BCUT2D eigenvalue weighted by molar-refractivity contribution is -0.124. The summed E-state index contributed by atoms with van der Waals surface area (Å²) in [5.74, 6) is 4.48. The zero-order valence-electron chi connectivity index (χ0n) is 44.8. The Morgan fingerprint density at radius 3 is 2.14 bits per heavy atom. The largest absolute Gasteiger partial charge is 0.493 e. The summed E-state index contributed by atoms with van der Waals surface area (Å²) in [6.07, 6.45) is 11.0. The quantitative estimate of drug-likeness (QED) is 0.0942. The summed E-state index contributed by atoms with van der Waals surface area (Å²) in [6, 6.07) is 22.9. The number of aryl methyl sites for hydroxylation is 2. The molecule has 4 atom stereocenters. The molecule has 0 saturated carbocycles. The Morgan fingerprint density at radius 1 is 0.824 bits per heavy atom. The van der Waals surface area contributed by atoms with Gasteiger partial charge >= 0.3 is 0 Å². The van der Waals surface area contributed by atoms with Crippen molar-refractivity contribution in [2.75, 3.05) is 65.3 Å². The molecule has 1 amide bonds. The van der Waals surface area contributed by atoms with Crippen molar-refractivity contribution in [2.24, 2.45) is 15.1 Å². The van der Waals surface area contributed by atoms with E-state index < -0.39 is 0 Å². The molecule has 4 unspecified atom stereocenters. The molecule has 74 heavy (non-hydrogen) atoms. The fourth-order valence-corrected chi connectivity index (χ4v) is 10.5. The Morgan fingerprint density at radius 2 is 1.50 bits per heavy atom. The van der Waals surface area contributed by atoms with Crippen LogP contribution in [0.3, 0.4) is 0 Å². The minimum Gasteiger partial charge on any atom is -0.493 e. The molecule has 10 rings (SSSR count). The van der Waals surface area contributed by atoms with Gasteiger partial charge in [0.1, 0.15) is 41.4 Å². The molecular formula is C58H71N11O5. The molecule has 16 nitrogen and oxygen atoms in total. The zero-order chi connectivity index (χ0) is 52.5. The highest BCUT2D eigenvalue weighted by molar-refractivity contribution is 6.10. The molecule has 4 aromatic carbocycles. The molecule has 2 aromatic heterocycles. The number of aromatic nitrogens is 4. The van der Waals surface area contributed by atoms with Crippen LogP contribution in [0.15, 0.2) is 106 Å². The van der Waals surface area contributed by atoms with Gasteiger partial charge in [0, 0.05) is 60.7 Å². The number of methoxy groups -OCH3 is 4. The number of aliphatic imine (C=N–C) groups is 2. The normalized spacial score (nSPS) is 17.8. The molecule has 388 valence electrons. The van der Waals surface area contributed by atoms with Gasteiger partial charge in [-0.25, -0.2) is 19.9 Å². The first-order valence-corrected chi connectivity index (χ1v) is 25.7. The lowest BCUT2D eigenvalue weighted by Gasteiger charge is -2.27. The van der Waals surface area contributed by atoms with Crippen molar-refractivity contribution in [3.63, 3.8) is 0 Å². The number of ether oxygens (including phenoxy) is 4. The van der Waals surface area contributed by atoms with Crippen LogP contribution in [0.4, 0.5) is 11.5 Å². The maximum absolute atomic E-state index is 12.5. The molecule has 0 fully saturated rings. The molecule has 0 radical (unpaired) electrons. The summed E-state index contributed by atoms with van der Waals surface area (Å²) in [5.41, 5.74) is 12.6. The van der Waals surface area contributed by atoms with E-state index in [1.165, 1.54) is 28.0 Å². The molecule has 2 N–H and O–H groups in total. The Bertz CT molecular complexity index is 3090. The van der Waals surface area contributed by atoms with Crippen LogP contribution in [0.2, 0.25) is 0 Å². The zero-order valence-corrected chi connectivity index (χ0v) is 44.8. The van der Waals surface area contributed by atoms with Gasteiger partial charge in [-0.15, -0.1) is 0 Å². The maximum Gasteiger partial charge on any atom is 0.252 e. The van der Waals surface area contributed by atoms with Gasteiger partial charge in [-0.2, -0.15) is 5.10 Å². The number of amides is 1. The molecule has 5 heterocycles. The summed E-state index contributed by atoms with van der Waals surface area (Å²) in [5, 5.41) is 14.7. The van der Waals surface area contributed by atoms with Crippen molar-refractivity contribution < 1.29 is 23.7 Å². The number of nitrogens with zero attached hydrogens (tertiary/aromatic N) is 9. The van der Waals surface area contributed by atoms with Gasteiger partial charge in [0.05, 0.1) is 46.4 Å². The average molecular weight is 1000 g/mol. The number of hydrogen-bond donors (Lipinski definition) is 2. The Balaban J connectivity index is 0.000000148. The summed E-state index contributed by atoms with van der Waals surface area (Å²) < 4.78 is 21.7. The minimum atomic E-state index is -0.301. The first-order valence-electron chi connectivity index (χ1n) is 25.7. The number of nitrogens with one attached hydrogen (secondary N) is 2. The Kier molecular flexibility index (Phi) is 17.1. The van der Waals surface area contributed by atoms with Crippen LogP contribution in [-0.4, -0.2) is 121 Å². The van der Waals surface area contributed by atoms with E-state index in [1.807, 2.05) is 38.2 Å². The smallest absolute Gasteiger partial charge is 0.252 e. The lowest BCUT2D eigenvalue weighted by atomic mass is 9.93. The molecule has 6 aromatic rings. The van der Waals surface area contributed by atoms with Crippen LogP contribution in [0.5, 0.6) is 23.0 Å². The van der Waals surface area contributed by atoms with E-state index in [2.05, 4.69) is 129 Å². The monoisotopic (exact) mass is 1000 g/mol. The van der Waals surface area contributed by atoms with Gasteiger partial charge in [0.2, 0.25) is 0 Å². The van der Waals surface area contributed by atoms with Crippen molar-refractivity contribution >= 4 is 56.5 Å². The number of benzene rings is 4. The van der Waals surface area contributed by atoms with Crippen molar-refractivity contribution in [1.29, 1.82) is 0 Å². The second-order valence-electron chi connectivity index (χ2n) is 19.1. The number of carbonyl (C=O) groups excluding carboxylic acids is 1. The van der Waals surface area contributed by atoms with Crippen LogP contribution in [0.1, 0.15) is 94.2 Å². The molecular weight excluding hydrogens is 931 g/mol. The van der Waals surface area contributed by atoms with E-state index in [1.54, 1.807) is 46.1 Å². The van der Waals surface area contributed by atoms with E-state index in [4.69, 9.17) is 23.9 Å². The van der Waals surface area contributed by atoms with E-state index in [0.29, 0.717) is 35.3 Å². The molecule has 0 spiro atoms. The third kappa shape index (κ3) is 11.4. The number of anilines is 2. The molecule has 4 aliphatic rings. The minimum absolute atomic E-state index is 0.00267. The lowest BCUT2D eigenvalue weighted by Crippen LogP contribution is -2.54. The van der Waals surface area contributed by atoms with Gasteiger partial charge < -0.3 is 34.5 Å². The molecule has 1 aliphatic carbocycles. The second kappa shape index (κ2) is 23.9. The highest BCUT2D eigenvalue weighted by atomic mass is 16.5. The van der Waals surface area contributed by atoms with Gasteiger partial charge in [-0.1, -0.05) is 49.2 Å².